The van der Waals surface area contributed by atoms with E-state index in [9.17, 15) is 14.7 Å². The van der Waals surface area contributed by atoms with Crippen molar-refractivity contribution in [1.82, 2.24) is 14.9 Å². The van der Waals surface area contributed by atoms with Crippen LogP contribution in [0.25, 0.3) is 5.76 Å². The lowest BCUT2D eigenvalue weighted by Crippen LogP contribution is -2.29. The maximum Gasteiger partial charge on any atom is 0.296 e. The van der Waals surface area contributed by atoms with Gasteiger partial charge in [-0.15, -0.1) is 0 Å². The largest absolute Gasteiger partial charge is 0.507 e. The van der Waals surface area contributed by atoms with Crippen LogP contribution in [0.1, 0.15) is 35.5 Å². The molecule has 3 aromatic rings. The lowest BCUT2D eigenvalue weighted by Gasteiger charge is -2.24. The third-order valence-electron chi connectivity index (χ3n) is 5.20. The smallest absolute Gasteiger partial charge is 0.296 e. The molecule has 150 valence electrons. The van der Waals surface area contributed by atoms with Gasteiger partial charge in [0.1, 0.15) is 11.8 Å². The summed E-state index contributed by atoms with van der Waals surface area (Å²) < 4.78 is 0. The first-order valence-electron chi connectivity index (χ1n) is 9.78. The third kappa shape index (κ3) is 3.59. The molecule has 0 radical (unpaired) electrons. The van der Waals surface area contributed by atoms with Gasteiger partial charge in [0.25, 0.3) is 11.7 Å². The molecule has 0 spiro atoms. The number of amides is 1. The molecule has 1 aliphatic rings. The number of rotatable bonds is 5. The van der Waals surface area contributed by atoms with Gasteiger partial charge < -0.3 is 10.0 Å². The number of aryl methyl sites for hydroxylation is 1. The van der Waals surface area contributed by atoms with E-state index in [1.54, 1.807) is 54.9 Å². The summed E-state index contributed by atoms with van der Waals surface area (Å²) in [6.45, 7) is 2.18. The average molecular weight is 399 g/mol. The van der Waals surface area contributed by atoms with Crippen molar-refractivity contribution >= 4 is 17.4 Å². The monoisotopic (exact) mass is 399 g/mol. The highest BCUT2D eigenvalue weighted by Gasteiger charge is 2.46. The van der Waals surface area contributed by atoms with Crippen LogP contribution in [0.15, 0.2) is 78.6 Å². The second-order valence-corrected chi connectivity index (χ2v) is 7.05. The molecule has 2 aromatic heterocycles. The van der Waals surface area contributed by atoms with Crippen LogP contribution in [0, 0.1) is 0 Å². The fourth-order valence-electron chi connectivity index (χ4n) is 3.61. The van der Waals surface area contributed by atoms with E-state index in [1.165, 1.54) is 4.90 Å². The maximum atomic E-state index is 13.0. The first kappa shape index (κ1) is 19.5. The number of hydrogen-bond acceptors (Lipinski definition) is 5. The van der Waals surface area contributed by atoms with Crippen molar-refractivity contribution in [3.63, 3.8) is 0 Å². The first-order chi connectivity index (χ1) is 14.6. The molecule has 0 aliphatic carbocycles. The third-order valence-corrected chi connectivity index (χ3v) is 5.20. The van der Waals surface area contributed by atoms with Crippen molar-refractivity contribution in [2.45, 2.75) is 25.9 Å². The summed E-state index contributed by atoms with van der Waals surface area (Å²) in [5.41, 5.74) is 2.80. The molecule has 1 N–H and O–H groups in total. The van der Waals surface area contributed by atoms with Crippen LogP contribution in [0.2, 0.25) is 0 Å². The number of nitrogens with zero attached hydrogens (tertiary/aromatic N) is 3. The summed E-state index contributed by atoms with van der Waals surface area (Å²) in [5.74, 6) is -1.60. The molecule has 6 heteroatoms. The van der Waals surface area contributed by atoms with Gasteiger partial charge in [0.15, 0.2) is 0 Å². The highest BCUT2D eigenvalue weighted by atomic mass is 16.3. The normalized spacial score (nSPS) is 18.0. The molecule has 1 saturated heterocycles. The topological polar surface area (TPSA) is 83.4 Å². The number of pyridine rings is 2. The Morgan fingerprint density at radius 3 is 2.27 bits per heavy atom. The van der Waals surface area contributed by atoms with E-state index in [1.807, 2.05) is 25.1 Å². The fourth-order valence-corrected chi connectivity index (χ4v) is 3.61. The van der Waals surface area contributed by atoms with Gasteiger partial charge in [-0.3, -0.25) is 19.6 Å². The standard InChI is InChI=1S/C24H21N3O3/c1-2-16-9-11-17(12-10-16)22(28)20-21(19-8-4-6-14-26-19)27(24(30)23(20)29)15-18-7-3-5-13-25-18/h3-14,21,28H,2,15H2,1H3/b22-20-. The first-order valence-corrected chi connectivity index (χ1v) is 9.78. The number of aliphatic hydroxyl groups is 1. The van der Waals surface area contributed by atoms with Crippen LogP contribution >= 0.6 is 0 Å². The molecule has 30 heavy (non-hydrogen) atoms. The molecule has 0 saturated carbocycles. The second kappa shape index (κ2) is 8.29. The Labute approximate surface area is 174 Å². The zero-order chi connectivity index (χ0) is 21.1. The van der Waals surface area contributed by atoms with Crippen LogP contribution in [0.3, 0.4) is 0 Å². The quantitative estimate of drug-likeness (QED) is 0.402. The molecule has 1 aliphatic heterocycles. The lowest BCUT2D eigenvalue weighted by atomic mass is 9.97. The van der Waals surface area contributed by atoms with Gasteiger partial charge in [-0.1, -0.05) is 43.3 Å². The van der Waals surface area contributed by atoms with Gasteiger partial charge in [-0.05, 0) is 36.2 Å². The summed E-state index contributed by atoms with van der Waals surface area (Å²) in [4.78, 5) is 35.9. The number of carbonyl (C=O) groups is 2. The Kier molecular flexibility index (Phi) is 5.39. The van der Waals surface area contributed by atoms with Crippen LogP contribution in [0.4, 0.5) is 0 Å². The average Bonchev–Trinajstić information content (AvgIpc) is 3.05. The van der Waals surface area contributed by atoms with E-state index in [0.717, 1.165) is 12.0 Å². The van der Waals surface area contributed by atoms with E-state index >= 15 is 0 Å². The molecular formula is C24H21N3O3. The lowest BCUT2D eigenvalue weighted by molar-refractivity contribution is -0.140. The number of carbonyl (C=O) groups excluding carboxylic acids is 2. The second-order valence-electron chi connectivity index (χ2n) is 7.05. The number of Topliss-reactive ketones (excluding diaryl/α,β-unsaturated/α-hetero) is 1. The molecule has 1 amide bonds. The number of likely N-dealkylation sites (tertiary alicyclic amines) is 1. The summed E-state index contributed by atoms with van der Waals surface area (Å²) in [5, 5.41) is 11.0. The van der Waals surface area contributed by atoms with E-state index in [4.69, 9.17) is 0 Å². The Hall–Kier alpha value is -3.80. The van der Waals surface area contributed by atoms with Crippen molar-refractivity contribution < 1.29 is 14.7 Å². The molecule has 4 rings (SSSR count). The van der Waals surface area contributed by atoms with Crippen LogP contribution in [-0.2, 0) is 22.6 Å². The SMILES string of the molecule is CCc1ccc(/C(O)=C2/C(=O)C(=O)N(Cc3ccccn3)C2c2ccccn2)cc1. The molecule has 1 unspecified atom stereocenters. The molecule has 3 heterocycles. The molecule has 1 fully saturated rings. The molecule has 6 nitrogen and oxygen atoms in total. The van der Waals surface area contributed by atoms with Gasteiger partial charge in [0, 0.05) is 18.0 Å². The number of aromatic nitrogens is 2. The maximum absolute atomic E-state index is 13.0. The molecular weight excluding hydrogens is 378 g/mol. The van der Waals surface area contributed by atoms with Crippen LogP contribution in [-0.4, -0.2) is 31.7 Å². The van der Waals surface area contributed by atoms with E-state index < -0.39 is 17.7 Å². The van der Waals surface area contributed by atoms with Gasteiger partial charge in [-0.25, -0.2) is 0 Å². The fraction of sp³-hybridized carbons (Fsp3) is 0.167. The van der Waals surface area contributed by atoms with Gasteiger partial charge >= 0.3 is 0 Å². The Balaban J connectivity index is 1.83. The minimum atomic E-state index is -0.793. The number of aliphatic hydroxyl groups excluding tert-OH is 1. The summed E-state index contributed by atoms with van der Waals surface area (Å²) >= 11 is 0. The van der Waals surface area contributed by atoms with Crippen LogP contribution in [0.5, 0.6) is 0 Å². The minimum Gasteiger partial charge on any atom is -0.507 e. The predicted molar refractivity (Wildman–Crippen MR) is 112 cm³/mol. The highest BCUT2D eigenvalue weighted by molar-refractivity contribution is 6.46. The van der Waals surface area contributed by atoms with Crippen LogP contribution < -0.4 is 0 Å². The van der Waals surface area contributed by atoms with E-state index in [2.05, 4.69) is 9.97 Å². The number of hydrogen-bond donors (Lipinski definition) is 1. The van der Waals surface area contributed by atoms with E-state index in [-0.39, 0.29) is 17.9 Å². The Morgan fingerprint density at radius 1 is 0.967 bits per heavy atom. The van der Waals surface area contributed by atoms with Crippen molar-refractivity contribution in [2.24, 2.45) is 0 Å². The summed E-state index contributed by atoms with van der Waals surface area (Å²) in [6.07, 6.45) is 4.10. The Morgan fingerprint density at radius 2 is 1.67 bits per heavy atom. The number of benzene rings is 1. The van der Waals surface area contributed by atoms with E-state index in [0.29, 0.717) is 17.0 Å². The summed E-state index contributed by atoms with van der Waals surface area (Å²) in [6, 6.07) is 17.2. The molecule has 0 bridgehead atoms. The van der Waals surface area contributed by atoms with Gasteiger partial charge in [0.2, 0.25) is 0 Å². The van der Waals surface area contributed by atoms with Crippen molar-refractivity contribution in [2.75, 3.05) is 0 Å². The zero-order valence-electron chi connectivity index (χ0n) is 16.5. The van der Waals surface area contributed by atoms with Crippen molar-refractivity contribution in [3.05, 3.63) is 101 Å². The Bertz CT molecular complexity index is 1090. The minimum absolute atomic E-state index is 0.0406. The van der Waals surface area contributed by atoms with Gasteiger partial charge in [0.05, 0.1) is 23.5 Å². The van der Waals surface area contributed by atoms with Crippen molar-refractivity contribution in [1.29, 1.82) is 0 Å². The predicted octanol–water partition coefficient (Wildman–Crippen LogP) is 3.66. The van der Waals surface area contributed by atoms with Gasteiger partial charge in [-0.2, -0.15) is 0 Å². The zero-order valence-corrected chi connectivity index (χ0v) is 16.5. The molecule has 1 aromatic carbocycles. The molecule has 1 atom stereocenters. The number of ketones is 1. The summed E-state index contributed by atoms with van der Waals surface area (Å²) in [7, 11) is 0. The van der Waals surface area contributed by atoms with Crippen molar-refractivity contribution in [3.8, 4) is 0 Å². The highest BCUT2D eigenvalue weighted by Crippen LogP contribution is 2.39.